The molecule has 0 spiro atoms. The summed E-state index contributed by atoms with van der Waals surface area (Å²) in [5.74, 6) is 0.952. The lowest BCUT2D eigenvalue weighted by atomic mass is 10.2. The molecule has 1 unspecified atom stereocenters. The van der Waals surface area contributed by atoms with Gasteiger partial charge in [-0.3, -0.25) is 0 Å². The molecule has 1 aromatic heterocycles. The third-order valence-electron chi connectivity index (χ3n) is 1.73. The molecule has 1 aromatic rings. The lowest BCUT2D eigenvalue weighted by Gasteiger charge is -2.03. The highest BCUT2D eigenvalue weighted by Crippen LogP contribution is 2.26. The van der Waals surface area contributed by atoms with Gasteiger partial charge in [0.25, 0.3) is 0 Å². The van der Waals surface area contributed by atoms with Gasteiger partial charge in [0.2, 0.25) is 0 Å². The van der Waals surface area contributed by atoms with E-state index in [1.807, 2.05) is 6.92 Å². The van der Waals surface area contributed by atoms with E-state index in [1.54, 1.807) is 30.2 Å². The summed E-state index contributed by atoms with van der Waals surface area (Å²) < 4.78 is 5.09. The van der Waals surface area contributed by atoms with E-state index in [4.69, 9.17) is 10.5 Å². The minimum atomic E-state index is 0.0493. The molecule has 0 aliphatic heterocycles. The number of nitrogens with two attached hydrogens (primary N) is 1. The molecule has 1 heterocycles. The van der Waals surface area contributed by atoms with Crippen LogP contribution in [-0.2, 0) is 17.1 Å². The molecule has 0 saturated heterocycles. The number of methoxy groups -OCH3 is 1. The first-order chi connectivity index (χ1) is 6.69. The lowest BCUT2D eigenvalue weighted by Crippen LogP contribution is -2.06. The van der Waals surface area contributed by atoms with E-state index < -0.39 is 0 Å². The van der Waals surface area contributed by atoms with Gasteiger partial charge in [0.15, 0.2) is 0 Å². The maximum atomic E-state index is 5.86. The van der Waals surface area contributed by atoms with Crippen molar-refractivity contribution in [2.24, 2.45) is 5.73 Å². The first kappa shape index (κ1) is 12.0. The molecule has 0 bridgehead atoms. The Balaban J connectivity index is 2.87. The van der Waals surface area contributed by atoms with Crippen molar-refractivity contribution in [3.63, 3.8) is 0 Å². The Hall–Kier alpha value is -0.100. The van der Waals surface area contributed by atoms with Crippen LogP contribution in [0, 0.1) is 0 Å². The number of rotatable bonds is 5. The normalized spacial score (nSPS) is 13.1. The second-order valence-corrected chi connectivity index (χ2v) is 5.05. The number of hydrogen-bond donors (Lipinski definition) is 1. The quantitative estimate of drug-likeness (QED) is 0.845. The SMILES string of the molecule is COCc1nc(CSC)sc1C(C)N. The first-order valence-electron chi connectivity index (χ1n) is 4.41. The first-order valence-corrected chi connectivity index (χ1v) is 6.62. The summed E-state index contributed by atoms with van der Waals surface area (Å²) in [5.41, 5.74) is 6.86. The molecule has 0 fully saturated rings. The second kappa shape index (κ2) is 5.70. The summed E-state index contributed by atoms with van der Waals surface area (Å²) in [7, 11) is 1.68. The van der Waals surface area contributed by atoms with E-state index in [1.165, 1.54) is 0 Å². The van der Waals surface area contributed by atoms with Crippen LogP contribution >= 0.6 is 23.1 Å². The Bertz CT molecular complexity index is 286. The lowest BCUT2D eigenvalue weighted by molar-refractivity contribution is 0.181. The highest BCUT2D eigenvalue weighted by atomic mass is 32.2. The van der Waals surface area contributed by atoms with Crippen molar-refractivity contribution in [3.8, 4) is 0 Å². The van der Waals surface area contributed by atoms with Gasteiger partial charge in [-0.1, -0.05) is 0 Å². The van der Waals surface area contributed by atoms with Crippen LogP contribution in [0.5, 0.6) is 0 Å². The van der Waals surface area contributed by atoms with Crippen LogP contribution in [0.15, 0.2) is 0 Å². The maximum Gasteiger partial charge on any atom is 0.103 e. The Morgan fingerprint density at radius 1 is 1.64 bits per heavy atom. The van der Waals surface area contributed by atoms with Crippen LogP contribution in [0.3, 0.4) is 0 Å². The topological polar surface area (TPSA) is 48.1 Å². The van der Waals surface area contributed by atoms with Gasteiger partial charge in [-0.2, -0.15) is 11.8 Å². The monoisotopic (exact) mass is 232 g/mol. The van der Waals surface area contributed by atoms with Crippen LogP contribution in [0.1, 0.15) is 28.5 Å². The zero-order chi connectivity index (χ0) is 10.6. The minimum Gasteiger partial charge on any atom is -0.378 e. The zero-order valence-corrected chi connectivity index (χ0v) is 10.4. The van der Waals surface area contributed by atoms with E-state index in [-0.39, 0.29) is 6.04 Å². The van der Waals surface area contributed by atoms with Gasteiger partial charge >= 0.3 is 0 Å². The third-order valence-corrected chi connectivity index (χ3v) is 3.78. The molecule has 0 saturated carbocycles. The van der Waals surface area contributed by atoms with Crippen LogP contribution in [0.4, 0.5) is 0 Å². The molecule has 0 aromatic carbocycles. The molecule has 0 aliphatic carbocycles. The molecule has 14 heavy (non-hydrogen) atoms. The Kier molecular flexibility index (Phi) is 4.88. The molecule has 2 N–H and O–H groups in total. The zero-order valence-electron chi connectivity index (χ0n) is 8.74. The molecule has 0 amide bonds. The minimum absolute atomic E-state index is 0.0493. The fraction of sp³-hybridized carbons (Fsp3) is 0.667. The molecule has 80 valence electrons. The highest BCUT2D eigenvalue weighted by molar-refractivity contribution is 7.97. The van der Waals surface area contributed by atoms with Crippen molar-refractivity contribution in [3.05, 3.63) is 15.6 Å². The summed E-state index contributed by atoms with van der Waals surface area (Å²) in [5, 5.41) is 1.14. The van der Waals surface area contributed by atoms with Crippen molar-refractivity contribution < 1.29 is 4.74 Å². The van der Waals surface area contributed by atoms with E-state index in [2.05, 4.69) is 11.2 Å². The number of nitrogens with zero attached hydrogens (tertiary/aromatic N) is 1. The predicted molar refractivity (Wildman–Crippen MR) is 62.6 cm³/mol. The van der Waals surface area contributed by atoms with Gasteiger partial charge in [0.05, 0.1) is 12.3 Å². The average Bonchev–Trinajstić information content (AvgIpc) is 2.49. The predicted octanol–water partition coefficient (Wildman–Crippen LogP) is 2.17. The Morgan fingerprint density at radius 3 is 2.86 bits per heavy atom. The van der Waals surface area contributed by atoms with Crippen molar-refractivity contribution >= 4 is 23.1 Å². The van der Waals surface area contributed by atoms with Crippen LogP contribution < -0.4 is 5.73 Å². The van der Waals surface area contributed by atoms with Gasteiger partial charge in [-0.05, 0) is 13.2 Å². The summed E-state index contributed by atoms with van der Waals surface area (Å²) in [4.78, 5) is 5.65. The molecule has 1 atom stereocenters. The summed E-state index contributed by atoms with van der Waals surface area (Å²) in [6, 6.07) is 0.0493. The number of ether oxygens (including phenoxy) is 1. The van der Waals surface area contributed by atoms with Crippen molar-refractivity contribution in [1.29, 1.82) is 0 Å². The Morgan fingerprint density at radius 2 is 2.36 bits per heavy atom. The fourth-order valence-corrected chi connectivity index (χ4v) is 2.91. The summed E-state index contributed by atoms with van der Waals surface area (Å²) >= 11 is 3.47. The van der Waals surface area contributed by atoms with E-state index >= 15 is 0 Å². The van der Waals surface area contributed by atoms with Crippen molar-refractivity contribution in [1.82, 2.24) is 4.98 Å². The van der Waals surface area contributed by atoms with Gasteiger partial charge in [0, 0.05) is 23.8 Å². The third kappa shape index (κ3) is 2.95. The largest absolute Gasteiger partial charge is 0.378 e. The molecule has 5 heteroatoms. The van der Waals surface area contributed by atoms with Crippen molar-refractivity contribution in [2.45, 2.75) is 25.3 Å². The average molecular weight is 232 g/mol. The van der Waals surface area contributed by atoms with Crippen LogP contribution in [-0.4, -0.2) is 18.3 Å². The summed E-state index contributed by atoms with van der Waals surface area (Å²) in [6.07, 6.45) is 2.07. The molecule has 1 rings (SSSR count). The molecule has 3 nitrogen and oxygen atoms in total. The van der Waals surface area contributed by atoms with Gasteiger partial charge in [-0.15, -0.1) is 11.3 Å². The molecular weight excluding hydrogens is 216 g/mol. The Labute approximate surface area is 93.1 Å². The van der Waals surface area contributed by atoms with E-state index in [9.17, 15) is 0 Å². The van der Waals surface area contributed by atoms with Gasteiger partial charge < -0.3 is 10.5 Å². The molecule has 0 radical (unpaired) electrons. The summed E-state index contributed by atoms with van der Waals surface area (Å²) in [6.45, 7) is 2.54. The number of thiazole rings is 1. The van der Waals surface area contributed by atoms with Crippen molar-refractivity contribution in [2.75, 3.05) is 13.4 Å². The second-order valence-electron chi connectivity index (χ2n) is 3.07. The molecular formula is C9H16N2OS2. The molecule has 0 aliphatic rings. The maximum absolute atomic E-state index is 5.86. The van der Waals surface area contributed by atoms with Gasteiger partial charge in [-0.25, -0.2) is 4.98 Å². The van der Waals surface area contributed by atoms with E-state index in [0.29, 0.717) is 6.61 Å². The number of hydrogen-bond acceptors (Lipinski definition) is 5. The standard InChI is InChI=1S/C9H16N2OS2/c1-6(10)9-7(4-12-2)11-8(14-9)5-13-3/h6H,4-5,10H2,1-3H3. The van der Waals surface area contributed by atoms with E-state index in [0.717, 1.165) is 21.3 Å². The number of aromatic nitrogens is 1. The van der Waals surface area contributed by atoms with Crippen LogP contribution in [0.25, 0.3) is 0 Å². The van der Waals surface area contributed by atoms with Crippen LogP contribution in [0.2, 0.25) is 0 Å². The smallest absolute Gasteiger partial charge is 0.103 e. The number of thioether (sulfide) groups is 1. The fourth-order valence-electron chi connectivity index (χ4n) is 1.20. The van der Waals surface area contributed by atoms with Gasteiger partial charge in [0.1, 0.15) is 5.01 Å². The highest BCUT2D eigenvalue weighted by Gasteiger charge is 2.13.